The minimum absolute atomic E-state index is 0. The van der Waals surface area contributed by atoms with Crippen molar-refractivity contribution in [3.8, 4) is 0 Å². The van der Waals surface area contributed by atoms with E-state index in [4.69, 9.17) is 0 Å². The molecule has 1 aromatic rings. The van der Waals surface area contributed by atoms with E-state index in [1.165, 1.54) is 0 Å². The third-order valence-corrected chi connectivity index (χ3v) is 4.16. The Morgan fingerprint density at radius 1 is 1.18 bits per heavy atom. The van der Waals surface area contributed by atoms with Gasteiger partial charge in [-0.15, -0.1) is 24.8 Å². The van der Waals surface area contributed by atoms with Crippen molar-refractivity contribution in [2.75, 3.05) is 19.6 Å². The lowest BCUT2D eigenvalue weighted by atomic mass is 9.96. The summed E-state index contributed by atoms with van der Waals surface area (Å²) in [5.41, 5.74) is 2.13. The summed E-state index contributed by atoms with van der Waals surface area (Å²) in [6, 6.07) is 2.06. The fourth-order valence-electron chi connectivity index (χ4n) is 2.98. The highest BCUT2D eigenvalue weighted by Crippen LogP contribution is 2.34. The molecular formula is C13H21Cl2F3N4. The number of alkyl halides is 3. The van der Waals surface area contributed by atoms with Crippen molar-refractivity contribution in [3.05, 3.63) is 17.5 Å². The summed E-state index contributed by atoms with van der Waals surface area (Å²) in [5.74, 6) is -1.13. The average molecular weight is 361 g/mol. The Labute approximate surface area is 140 Å². The van der Waals surface area contributed by atoms with Gasteiger partial charge < -0.3 is 5.32 Å². The second-order valence-corrected chi connectivity index (χ2v) is 5.62. The lowest BCUT2D eigenvalue weighted by Gasteiger charge is -2.32. The minimum Gasteiger partial charge on any atom is -0.309 e. The number of nitrogens with one attached hydrogen (secondary N) is 1. The van der Waals surface area contributed by atoms with Crippen LogP contribution in [0.1, 0.15) is 24.2 Å². The Balaban J connectivity index is 0.00000121. The molecule has 0 saturated carbocycles. The summed E-state index contributed by atoms with van der Waals surface area (Å²) < 4.78 is 39.8. The topological polar surface area (TPSA) is 33.1 Å². The van der Waals surface area contributed by atoms with Crippen molar-refractivity contribution in [1.29, 1.82) is 0 Å². The normalized spacial score (nSPS) is 20.0. The molecule has 22 heavy (non-hydrogen) atoms. The first-order valence-corrected chi connectivity index (χ1v) is 7.08. The first-order valence-electron chi connectivity index (χ1n) is 7.08. The Hall–Kier alpha value is -0.500. The minimum atomic E-state index is -4.04. The third-order valence-electron chi connectivity index (χ3n) is 4.16. The van der Waals surface area contributed by atoms with Gasteiger partial charge in [-0.3, -0.25) is 9.58 Å². The number of nitrogens with zero attached hydrogens (tertiary/aromatic N) is 3. The predicted molar refractivity (Wildman–Crippen MR) is 82.5 cm³/mol. The molecule has 0 amide bonds. The number of hydrogen-bond acceptors (Lipinski definition) is 3. The Bertz CT molecular complexity index is 447. The van der Waals surface area contributed by atoms with E-state index < -0.39 is 12.1 Å². The van der Waals surface area contributed by atoms with Crippen LogP contribution in [0, 0.1) is 5.92 Å². The van der Waals surface area contributed by atoms with Crippen LogP contribution >= 0.6 is 24.8 Å². The summed E-state index contributed by atoms with van der Waals surface area (Å²) in [4.78, 5) is 2.07. The maximum atomic E-state index is 12.6. The lowest BCUT2D eigenvalue weighted by Crippen LogP contribution is -2.38. The second-order valence-electron chi connectivity index (χ2n) is 5.62. The molecule has 3 heterocycles. The number of hydrogen-bond donors (Lipinski definition) is 1. The van der Waals surface area contributed by atoms with Crippen LogP contribution < -0.4 is 5.32 Å². The van der Waals surface area contributed by atoms with Gasteiger partial charge in [0.25, 0.3) is 0 Å². The molecule has 0 bridgehead atoms. The van der Waals surface area contributed by atoms with Crippen molar-refractivity contribution >= 4 is 24.8 Å². The zero-order valence-corrected chi connectivity index (χ0v) is 13.7. The monoisotopic (exact) mass is 360 g/mol. The molecule has 1 aromatic heterocycles. The summed E-state index contributed by atoms with van der Waals surface area (Å²) >= 11 is 0. The second kappa shape index (κ2) is 7.86. The highest BCUT2D eigenvalue weighted by Gasteiger charge is 2.41. The first kappa shape index (κ1) is 19.5. The van der Waals surface area contributed by atoms with Crippen LogP contribution in [0.4, 0.5) is 13.2 Å². The lowest BCUT2D eigenvalue weighted by molar-refractivity contribution is -0.185. The van der Waals surface area contributed by atoms with Crippen LogP contribution in [0.2, 0.25) is 0 Å². The van der Waals surface area contributed by atoms with E-state index in [9.17, 15) is 13.2 Å². The number of halogens is 5. The largest absolute Gasteiger partial charge is 0.391 e. The first-order chi connectivity index (χ1) is 9.52. The predicted octanol–water partition coefficient (Wildman–Crippen LogP) is 2.60. The van der Waals surface area contributed by atoms with Crippen molar-refractivity contribution in [1.82, 2.24) is 20.0 Å². The van der Waals surface area contributed by atoms with Crippen molar-refractivity contribution in [2.45, 2.75) is 38.7 Å². The molecule has 0 aliphatic carbocycles. The molecule has 1 saturated heterocycles. The maximum absolute atomic E-state index is 12.6. The standard InChI is InChI=1S/C13H19F3N4.2ClH/c14-13(15,16)10-1-4-19(5-2-10)9-11-7-12-8-17-3-6-20(12)18-11;;/h7,10,17H,1-6,8-9H2;2*1H. The molecule has 128 valence electrons. The molecule has 1 N–H and O–H groups in total. The van der Waals surface area contributed by atoms with E-state index in [0.29, 0.717) is 19.6 Å². The third kappa shape index (κ3) is 4.50. The van der Waals surface area contributed by atoms with Gasteiger partial charge in [0.15, 0.2) is 0 Å². The van der Waals surface area contributed by atoms with Crippen molar-refractivity contribution in [2.24, 2.45) is 5.92 Å². The summed E-state index contributed by atoms with van der Waals surface area (Å²) in [7, 11) is 0. The molecule has 2 aliphatic rings. The van der Waals surface area contributed by atoms with Crippen LogP contribution in [-0.4, -0.2) is 40.5 Å². The van der Waals surface area contributed by atoms with Crippen LogP contribution in [0.3, 0.4) is 0 Å². The molecule has 0 radical (unpaired) electrons. The van der Waals surface area contributed by atoms with Gasteiger partial charge in [-0.25, -0.2) is 0 Å². The molecule has 0 aromatic carbocycles. The maximum Gasteiger partial charge on any atom is 0.391 e. The number of piperidine rings is 1. The van der Waals surface area contributed by atoms with Crippen molar-refractivity contribution in [3.63, 3.8) is 0 Å². The van der Waals surface area contributed by atoms with E-state index in [1.807, 2.05) is 4.68 Å². The van der Waals surface area contributed by atoms with Gasteiger partial charge in [-0.05, 0) is 32.0 Å². The fraction of sp³-hybridized carbons (Fsp3) is 0.769. The molecule has 2 aliphatic heterocycles. The van der Waals surface area contributed by atoms with Crippen LogP contribution in [-0.2, 0) is 19.6 Å². The van der Waals surface area contributed by atoms with Gasteiger partial charge in [-0.1, -0.05) is 0 Å². The van der Waals surface area contributed by atoms with Crippen molar-refractivity contribution < 1.29 is 13.2 Å². The van der Waals surface area contributed by atoms with E-state index >= 15 is 0 Å². The van der Waals surface area contributed by atoms with Crippen LogP contribution in [0.15, 0.2) is 6.07 Å². The van der Waals surface area contributed by atoms with Gasteiger partial charge in [0.05, 0.1) is 23.9 Å². The zero-order valence-electron chi connectivity index (χ0n) is 12.1. The highest BCUT2D eigenvalue weighted by atomic mass is 35.5. The molecule has 9 heteroatoms. The fourth-order valence-corrected chi connectivity index (χ4v) is 2.98. The van der Waals surface area contributed by atoms with Gasteiger partial charge in [-0.2, -0.15) is 18.3 Å². The van der Waals surface area contributed by atoms with Gasteiger partial charge >= 0.3 is 6.18 Å². The van der Waals surface area contributed by atoms with E-state index in [1.54, 1.807) is 0 Å². The quantitative estimate of drug-likeness (QED) is 0.879. The molecule has 1 fully saturated rings. The molecule has 0 spiro atoms. The van der Waals surface area contributed by atoms with Gasteiger partial charge in [0, 0.05) is 19.6 Å². The Morgan fingerprint density at radius 2 is 1.86 bits per heavy atom. The summed E-state index contributed by atoms with van der Waals surface area (Å²) in [6.07, 6.45) is -3.62. The molecule has 3 rings (SSSR count). The van der Waals surface area contributed by atoms with E-state index in [-0.39, 0.29) is 37.7 Å². The smallest absolute Gasteiger partial charge is 0.309 e. The highest BCUT2D eigenvalue weighted by molar-refractivity contribution is 5.85. The number of rotatable bonds is 2. The van der Waals surface area contributed by atoms with Gasteiger partial charge in [0.1, 0.15) is 0 Å². The summed E-state index contributed by atoms with van der Waals surface area (Å²) in [5, 5.41) is 7.81. The number of likely N-dealkylation sites (tertiary alicyclic amines) is 1. The van der Waals surface area contributed by atoms with Gasteiger partial charge in [0.2, 0.25) is 0 Å². The van der Waals surface area contributed by atoms with Crippen LogP contribution in [0.25, 0.3) is 0 Å². The van der Waals surface area contributed by atoms with E-state index in [0.717, 1.165) is 31.0 Å². The SMILES string of the molecule is Cl.Cl.FC(F)(F)C1CCN(Cc2cc3n(n2)CCNC3)CC1. The number of fused-ring (bicyclic) bond motifs is 1. The molecule has 0 unspecified atom stereocenters. The van der Waals surface area contributed by atoms with Crippen LogP contribution in [0.5, 0.6) is 0 Å². The average Bonchev–Trinajstić information content (AvgIpc) is 2.80. The summed E-state index contributed by atoms with van der Waals surface area (Å²) in [6.45, 7) is 4.28. The Kier molecular flexibility index (Phi) is 6.98. The molecular weight excluding hydrogens is 340 g/mol. The Morgan fingerprint density at radius 3 is 2.45 bits per heavy atom. The molecule has 0 atom stereocenters. The van der Waals surface area contributed by atoms with E-state index in [2.05, 4.69) is 21.4 Å². The number of aromatic nitrogens is 2. The zero-order chi connectivity index (χ0) is 14.2. The molecule has 4 nitrogen and oxygen atoms in total.